The molecule has 18 heavy (non-hydrogen) atoms. The summed E-state index contributed by atoms with van der Waals surface area (Å²) in [5.74, 6) is 1.41. The van der Waals surface area contributed by atoms with E-state index in [2.05, 4.69) is 13.8 Å². The molecule has 0 aliphatic rings. The highest BCUT2D eigenvalue weighted by Crippen LogP contribution is 2.21. The van der Waals surface area contributed by atoms with Crippen LogP contribution in [0.4, 0.5) is 0 Å². The Bertz CT molecular complexity index is 384. The predicted octanol–water partition coefficient (Wildman–Crippen LogP) is 3.58. The molecule has 2 nitrogen and oxygen atoms in total. The zero-order chi connectivity index (χ0) is 13.5. The smallest absolute Gasteiger partial charge is 0.162 e. The van der Waals surface area contributed by atoms with E-state index < -0.39 is 0 Å². The van der Waals surface area contributed by atoms with E-state index in [1.807, 2.05) is 31.2 Å². The number of hydrogen-bond donors (Lipinski definition) is 1. The zero-order valence-electron chi connectivity index (χ0n) is 11.8. The number of hydrogen-bond acceptors (Lipinski definition) is 2. The molecule has 0 aromatic heterocycles. The van der Waals surface area contributed by atoms with Gasteiger partial charge in [-0.15, -0.1) is 0 Å². The number of aryl methyl sites for hydroxylation is 1. The van der Waals surface area contributed by atoms with Crippen molar-refractivity contribution < 1.29 is 4.79 Å². The van der Waals surface area contributed by atoms with Crippen molar-refractivity contribution in [1.82, 2.24) is 0 Å². The van der Waals surface area contributed by atoms with Gasteiger partial charge in [-0.05, 0) is 44.2 Å². The first kappa shape index (κ1) is 14.9. The Hall–Kier alpha value is -1.15. The molecule has 0 saturated heterocycles. The Kier molecular flexibility index (Phi) is 6.06. The van der Waals surface area contributed by atoms with Crippen LogP contribution < -0.4 is 5.73 Å². The maximum absolute atomic E-state index is 12.1. The largest absolute Gasteiger partial charge is 0.330 e. The van der Waals surface area contributed by atoms with Gasteiger partial charge in [-0.3, -0.25) is 4.79 Å². The summed E-state index contributed by atoms with van der Waals surface area (Å²) in [4.78, 5) is 12.1. The first-order valence-corrected chi connectivity index (χ1v) is 6.84. The fourth-order valence-corrected chi connectivity index (χ4v) is 2.30. The van der Waals surface area contributed by atoms with Crippen LogP contribution in [-0.2, 0) is 0 Å². The van der Waals surface area contributed by atoms with Gasteiger partial charge in [0, 0.05) is 12.0 Å². The molecule has 0 aliphatic heterocycles. The molecule has 0 radical (unpaired) electrons. The number of benzene rings is 1. The van der Waals surface area contributed by atoms with Gasteiger partial charge in [0.15, 0.2) is 5.78 Å². The van der Waals surface area contributed by atoms with Crippen molar-refractivity contribution in [3.05, 3.63) is 35.4 Å². The minimum absolute atomic E-state index is 0.251. The van der Waals surface area contributed by atoms with E-state index >= 15 is 0 Å². The molecule has 0 bridgehead atoms. The second kappa shape index (κ2) is 7.32. The molecule has 0 spiro atoms. The normalized spacial score (nSPS) is 12.7. The topological polar surface area (TPSA) is 43.1 Å². The average molecular weight is 247 g/mol. The Balaban J connectivity index is 2.54. The summed E-state index contributed by atoms with van der Waals surface area (Å²) in [6, 6.07) is 7.84. The molecule has 1 aromatic carbocycles. The molecule has 1 unspecified atom stereocenters. The highest BCUT2D eigenvalue weighted by atomic mass is 16.1. The number of ketones is 1. The Labute approximate surface area is 111 Å². The van der Waals surface area contributed by atoms with Gasteiger partial charge in [-0.25, -0.2) is 0 Å². The van der Waals surface area contributed by atoms with Gasteiger partial charge in [0.1, 0.15) is 0 Å². The van der Waals surface area contributed by atoms with Crippen LogP contribution in [0.1, 0.15) is 49.0 Å². The van der Waals surface area contributed by atoms with Crippen molar-refractivity contribution in [2.75, 3.05) is 6.54 Å². The quantitative estimate of drug-likeness (QED) is 0.748. The number of Topliss-reactive ketones (excluding diaryl/α,β-unsaturated/α-hetero) is 1. The Morgan fingerprint density at radius 2 is 2.00 bits per heavy atom. The molecule has 1 atom stereocenters. The average Bonchev–Trinajstić information content (AvgIpc) is 2.33. The fourth-order valence-electron chi connectivity index (χ4n) is 2.30. The van der Waals surface area contributed by atoms with Gasteiger partial charge in [0.05, 0.1) is 0 Å². The van der Waals surface area contributed by atoms with Crippen LogP contribution in [-0.4, -0.2) is 12.3 Å². The first-order chi connectivity index (χ1) is 8.54. The summed E-state index contributed by atoms with van der Waals surface area (Å²) in [5.41, 5.74) is 7.60. The standard InChI is InChI=1S/C16H25NO/c1-12(2)14(9-10-17)7-8-16(18)15-6-4-5-13(3)11-15/h4-6,11-12,14H,7-10,17H2,1-3H3. The van der Waals surface area contributed by atoms with Crippen LogP contribution >= 0.6 is 0 Å². The van der Waals surface area contributed by atoms with E-state index in [1.165, 1.54) is 0 Å². The van der Waals surface area contributed by atoms with Crippen molar-refractivity contribution in [2.45, 2.75) is 40.0 Å². The molecule has 2 N–H and O–H groups in total. The van der Waals surface area contributed by atoms with Crippen molar-refractivity contribution in [3.63, 3.8) is 0 Å². The summed E-state index contributed by atoms with van der Waals surface area (Å²) < 4.78 is 0. The van der Waals surface area contributed by atoms with Crippen LogP contribution in [0.25, 0.3) is 0 Å². The highest BCUT2D eigenvalue weighted by Gasteiger charge is 2.15. The highest BCUT2D eigenvalue weighted by molar-refractivity contribution is 5.96. The summed E-state index contributed by atoms with van der Waals surface area (Å²) in [6.07, 6.45) is 2.59. The lowest BCUT2D eigenvalue weighted by Crippen LogP contribution is -2.15. The fraction of sp³-hybridized carbons (Fsp3) is 0.562. The van der Waals surface area contributed by atoms with Crippen LogP contribution in [0.2, 0.25) is 0 Å². The molecule has 0 amide bonds. The van der Waals surface area contributed by atoms with E-state index in [0.29, 0.717) is 24.8 Å². The summed E-state index contributed by atoms with van der Waals surface area (Å²) in [6.45, 7) is 7.14. The minimum Gasteiger partial charge on any atom is -0.330 e. The van der Waals surface area contributed by atoms with E-state index in [9.17, 15) is 4.79 Å². The van der Waals surface area contributed by atoms with E-state index in [4.69, 9.17) is 5.73 Å². The minimum atomic E-state index is 0.251. The lowest BCUT2D eigenvalue weighted by atomic mass is 9.87. The first-order valence-electron chi connectivity index (χ1n) is 6.84. The van der Waals surface area contributed by atoms with E-state index in [0.717, 1.165) is 24.0 Å². The summed E-state index contributed by atoms with van der Waals surface area (Å²) in [7, 11) is 0. The van der Waals surface area contributed by atoms with Crippen molar-refractivity contribution in [1.29, 1.82) is 0 Å². The maximum atomic E-state index is 12.1. The van der Waals surface area contributed by atoms with Gasteiger partial charge in [0.25, 0.3) is 0 Å². The van der Waals surface area contributed by atoms with Gasteiger partial charge in [0.2, 0.25) is 0 Å². The molecule has 1 rings (SSSR count). The van der Waals surface area contributed by atoms with Gasteiger partial charge >= 0.3 is 0 Å². The number of rotatable bonds is 7. The van der Waals surface area contributed by atoms with Gasteiger partial charge in [-0.2, -0.15) is 0 Å². The lowest BCUT2D eigenvalue weighted by Gasteiger charge is -2.19. The van der Waals surface area contributed by atoms with Crippen LogP contribution in [0.5, 0.6) is 0 Å². The maximum Gasteiger partial charge on any atom is 0.162 e. The van der Waals surface area contributed by atoms with E-state index in [-0.39, 0.29) is 5.78 Å². The third kappa shape index (κ3) is 4.61. The monoisotopic (exact) mass is 247 g/mol. The molecular formula is C16H25NO. The number of nitrogens with two attached hydrogens (primary N) is 1. The van der Waals surface area contributed by atoms with Crippen LogP contribution in [0.15, 0.2) is 24.3 Å². The molecule has 2 heteroatoms. The second-order valence-electron chi connectivity index (χ2n) is 5.41. The predicted molar refractivity (Wildman–Crippen MR) is 76.7 cm³/mol. The third-order valence-corrected chi connectivity index (χ3v) is 3.56. The van der Waals surface area contributed by atoms with Crippen molar-refractivity contribution in [2.24, 2.45) is 17.6 Å². The van der Waals surface area contributed by atoms with Crippen LogP contribution in [0.3, 0.4) is 0 Å². The molecule has 0 fully saturated rings. The SMILES string of the molecule is Cc1cccc(C(=O)CCC(CCN)C(C)C)c1. The zero-order valence-corrected chi connectivity index (χ0v) is 11.8. The van der Waals surface area contributed by atoms with Crippen molar-refractivity contribution in [3.8, 4) is 0 Å². The lowest BCUT2D eigenvalue weighted by molar-refractivity contribution is 0.0969. The molecule has 0 saturated carbocycles. The number of carbonyl (C=O) groups excluding carboxylic acids is 1. The Morgan fingerprint density at radius 1 is 1.28 bits per heavy atom. The number of carbonyl (C=O) groups is 1. The van der Waals surface area contributed by atoms with Crippen LogP contribution in [0, 0.1) is 18.8 Å². The Morgan fingerprint density at radius 3 is 2.56 bits per heavy atom. The molecule has 0 heterocycles. The summed E-state index contributed by atoms with van der Waals surface area (Å²) in [5, 5.41) is 0. The van der Waals surface area contributed by atoms with Gasteiger partial charge in [-0.1, -0.05) is 37.6 Å². The molecular weight excluding hydrogens is 222 g/mol. The second-order valence-corrected chi connectivity index (χ2v) is 5.41. The molecule has 1 aromatic rings. The van der Waals surface area contributed by atoms with E-state index in [1.54, 1.807) is 0 Å². The molecule has 0 aliphatic carbocycles. The van der Waals surface area contributed by atoms with Gasteiger partial charge < -0.3 is 5.73 Å². The summed E-state index contributed by atoms with van der Waals surface area (Å²) >= 11 is 0. The van der Waals surface area contributed by atoms with Crippen molar-refractivity contribution >= 4 is 5.78 Å². The molecule has 100 valence electrons. The third-order valence-electron chi connectivity index (χ3n) is 3.56.